The predicted molar refractivity (Wildman–Crippen MR) is 89.7 cm³/mol. The quantitative estimate of drug-likeness (QED) is 0.736. The first-order valence-electron chi connectivity index (χ1n) is 6.67. The van der Waals surface area contributed by atoms with Crippen LogP contribution in [0.25, 0.3) is 11.3 Å². The second kappa shape index (κ2) is 6.69. The molecule has 0 unspecified atom stereocenters. The van der Waals surface area contributed by atoms with Gasteiger partial charge in [0.25, 0.3) is 0 Å². The van der Waals surface area contributed by atoms with Crippen LogP contribution in [-0.4, -0.2) is 22.3 Å². The van der Waals surface area contributed by atoms with E-state index in [0.717, 1.165) is 14.9 Å². The number of nitriles is 1. The van der Waals surface area contributed by atoms with Crippen LogP contribution < -0.4 is 10.1 Å². The number of hydrogen-bond donors (Lipinski definition) is 2. The van der Waals surface area contributed by atoms with E-state index in [-0.39, 0.29) is 0 Å². The fraction of sp³-hybridized carbons (Fsp3) is 0.133. The molecule has 0 atom stereocenters. The number of nitrogens with zero attached hydrogens (tertiary/aromatic N) is 3. The summed E-state index contributed by atoms with van der Waals surface area (Å²) in [6.07, 6.45) is 1.47. The topological polar surface area (TPSA) is 86.6 Å². The molecular weight excluding hydrogens is 334 g/mol. The summed E-state index contributed by atoms with van der Waals surface area (Å²) in [5.74, 6) is 1.12. The third-order valence-electron chi connectivity index (χ3n) is 3.11. The average molecular weight is 346 g/mol. The van der Waals surface area contributed by atoms with Gasteiger partial charge in [-0.2, -0.15) is 10.4 Å². The van der Waals surface area contributed by atoms with Crippen molar-refractivity contribution in [2.75, 3.05) is 12.4 Å². The summed E-state index contributed by atoms with van der Waals surface area (Å²) < 4.78 is 6.00. The molecular formula is C15H12ClN5OS. The Labute approximate surface area is 141 Å². The van der Waals surface area contributed by atoms with Crippen LogP contribution in [0.2, 0.25) is 4.34 Å². The van der Waals surface area contributed by atoms with Gasteiger partial charge < -0.3 is 10.1 Å². The summed E-state index contributed by atoms with van der Waals surface area (Å²) in [7, 11) is 1.54. The minimum Gasteiger partial charge on any atom is -0.481 e. The molecule has 0 fully saturated rings. The van der Waals surface area contributed by atoms with Crippen LogP contribution in [0.3, 0.4) is 0 Å². The molecule has 3 rings (SSSR count). The van der Waals surface area contributed by atoms with E-state index in [9.17, 15) is 0 Å². The highest BCUT2D eigenvalue weighted by Crippen LogP contribution is 2.29. The maximum absolute atomic E-state index is 9.01. The van der Waals surface area contributed by atoms with E-state index >= 15 is 0 Å². The zero-order valence-corrected chi connectivity index (χ0v) is 13.7. The maximum atomic E-state index is 9.01. The summed E-state index contributed by atoms with van der Waals surface area (Å²) >= 11 is 7.43. The number of rotatable bonds is 5. The second-order valence-corrected chi connectivity index (χ2v) is 6.42. The van der Waals surface area contributed by atoms with Gasteiger partial charge in [-0.25, -0.2) is 4.98 Å². The standard InChI is InChI=1S/C15H12ClN5OS/c1-22-15-11(4-9(6-17)7-19-15)12-5-14(21-20-12)18-8-10-2-3-13(16)23-10/h2-5,7H,8H2,1H3,(H2,18,20,21). The van der Waals surface area contributed by atoms with Crippen LogP contribution in [-0.2, 0) is 6.54 Å². The lowest BCUT2D eigenvalue weighted by Gasteiger charge is -2.05. The molecule has 0 saturated carbocycles. The Morgan fingerprint density at radius 2 is 2.30 bits per heavy atom. The van der Waals surface area contributed by atoms with Gasteiger partial charge >= 0.3 is 0 Å². The molecule has 23 heavy (non-hydrogen) atoms. The van der Waals surface area contributed by atoms with Crippen LogP contribution in [0.4, 0.5) is 5.82 Å². The van der Waals surface area contributed by atoms with Crippen molar-refractivity contribution in [3.63, 3.8) is 0 Å². The first kappa shape index (κ1) is 15.3. The Morgan fingerprint density at radius 3 is 3.00 bits per heavy atom. The van der Waals surface area contributed by atoms with E-state index in [4.69, 9.17) is 21.6 Å². The fourth-order valence-electron chi connectivity index (χ4n) is 2.04. The summed E-state index contributed by atoms with van der Waals surface area (Å²) in [4.78, 5) is 5.24. The Kier molecular flexibility index (Phi) is 4.46. The zero-order chi connectivity index (χ0) is 16.2. The molecule has 8 heteroatoms. The number of hydrogen-bond acceptors (Lipinski definition) is 6. The lowest BCUT2D eigenvalue weighted by molar-refractivity contribution is 0.399. The number of halogens is 1. The Balaban J connectivity index is 1.80. The Morgan fingerprint density at radius 1 is 1.43 bits per heavy atom. The van der Waals surface area contributed by atoms with Crippen molar-refractivity contribution in [2.45, 2.75) is 6.54 Å². The zero-order valence-electron chi connectivity index (χ0n) is 12.1. The minimum absolute atomic E-state index is 0.434. The van der Waals surface area contributed by atoms with Crippen LogP contribution in [0, 0.1) is 11.3 Å². The summed E-state index contributed by atoms with van der Waals surface area (Å²) in [6, 6.07) is 9.45. The Bertz CT molecular complexity index is 867. The van der Waals surface area contributed by atoms with Gasteiger partial charge in [-0.05, 0) is 18.2 Å². The third-order valence-corrected chi connectivity index (χ3v) is 4.35. The normalized spacial score (nSPS) is 10.3. The highest BCUT2D eigenvalue weighted by molar-refractivity contribution is 7.16. The van der Waals surface area contributed by atoms with Crippen LogP contribution >= 0.6 is 22.9 Å². The van der Waals surface area contributed by atoms with Gasteiger partial charge in [0, 0.05) is 17.1 Å². The molecule has 3 aromatic rings. The SMILES string of the molecule is COc1ncc(C#N)cc1-c1cc(NCc2ccc(Cl)s2)n[nH]1. The number of thiophene rings is 1. The van der Waals surface area contributed by atoms with Crippen molar-refractivity contribution in [2.24, 2.45) is 0 Å². The Hall–Kier alpha value is -2.56. The molecule has 0 aliphatic rings. The number of anilines is 1. The molecule has 0 bridgehead atoms. The average Bonchev–Trinajstić information content (AvgIpc) is 3.21. The summed E-state index contributed by atoms with van der Waals surface area (Å²) in [6.45, 7) is 0.634. The molecule has 6 nitrogen and oxygen atoms in total. The number of pyridine rings is 1. The highest BCUT2D eigenvalue weighted by atomic mass is 35.5. The van der Waals surface area contributed by atoms with Crippen molar-refractivity contribution in [3.05, 3.63) is 45.2 Å². The third kappa shape index (κ3) is 3.44. The molecule has 0 spiro atoms. The van der Waals surface area contributed by atoms with E-state index in [1.54, 1.807) is 6.07 Å². The molecule has 3 heterocycles. The van der Waals surface area contributed by atoms with Gasteiger partial charge in [-0.15, -0.1) is 11.3 Å². The molecule has 0 saturated heterocycles. The molecule has 0 aliphatic carbocycles. The summed E-state index contributed by atoms with van der Waals surface area (Å²) in [5.41, 5.74) is 1.86. The van der Waals surface area contributed by atoms with Crippen molar-refractivity contribution in [1.29, 1.82) is 5.26 Å². The maximum Gasteiger partial charge on any atom is 0.222 e. The number of aromatic nitrogens is 3. The molecule has 0 aromatic carbocycles. The van der Waals surface area contributed by atoms with Crippen molar-refractivity contribution in [1.82, 2.24) is 15.2 Å². The van der Waals surface area contributed by atoms with E-state index < -0.39 is 0 Å². The van der Waals surface area contributed by atoms with Crippen molar-refractivity contribution >= 4 is 28.8 Å². The van der Waals surface area contributed by atoms with Gasteiger partial charge in [0.2, 0.25) is 5.88 Å². The van der Waals surface area contributed by atoms with Crippen molar-refractivity contribution in [3.8, 4) is 23.2 Å². The van der Waals surface area contributed by atoms with Gasteiger partial charge in [0.1, 0.15) is 11.9 Å². The van der Waals surface area contributed by atoms with E-state index in [1.807, 2.05) is 18.2 Å². The number of aromatic amines is 1. The largest absolute Gasteiger partial charge is 0.481 e. The van der Waals surface area contributed by atoms with E-state index in [2.05, 4.69) is 26.6 Å². The summed E-state index contributed by atoms with van der Waals surface area (Å²) in [5, 5.41) is 19.4. The van der Waals surface area contributed by atoms with E-state index in [0.29, 0.717) is 29.4 Å². The second-order valence-electron chi connectivity index (χ2n) is 4.62. The van der Waals surface area contributed by atoms with Gasteiger partial charge in [0.05, 0.1) is 34.8 Å². The molecule has 0 aliphatic heterocycles. The number of methoxy groups -OCH3 is 1. The number of H-pyrrole nitrogens is 1. The number of nitrogens with one attached hydrogen (secondary N) is 2. The number of ether oxygens (including phenoxy) is 1. The molecule has 0 radical (unpaired) electrons. The fourth-order valence-corrected chi connectivity index (χ4v) is 3.07. The molecule has 2 N–H and O–H groups in total. The van der Waals surface area contributed by atoms with Crippen LogP contribution in [0.1, 0.15) is 10.4 Å². The minimum atomic E-state index is 0.434. The lowest BCUT2D eigenvalue weighted by atomic mass is 10.1. The van der Waals surface area contributed by atoms with Crippen molar-refractivity contribution < 1.29 is 4.74 Å². The lowest BCUT2D eigenvalue weighted by Crippen LogP contribution is -1.97. The first-order valence-corrected chi connectivity index (χ1v) is 7.87. The molecule has 3 aromatic heterocycles. The van der Waals surface area contributed by atoms with Gasteiger partial charge in [-0.1, -0.05) is 11.6 Å². The van der Waals surface area contributed by atoms with Gasteiger partial charge in [0.15, 0.2) is 0 Å². The molecule has 116 valence electrons. The predicted octanol–water partition coefficient (Wildman–Crippen LogP) is 3.68. The first-order chi connectivity index (χ1) is 11.2. The van der Waals surface area contributed by atoms with Crippen LogP contribution in [0.15, 0.2) is 30.5 Å². The van der Waals surface area contributed by atoms with Crippen LogP contribution in [0.5, 0.6) is 5.88 Å². The van der Waals surface area contributed by atoms with Gasteiger partial charge in [-0.3, -0.25) is 5.10 Å². The molecule has 0 amide bonds. The van der Waals surface area contributed by atoms with E-state index in [1.165, 1.54) is 24.6 Å². The highest BCUT2D eigenvalue weighted by Gasteiger charge is 2.12. The smallest absolute Gasteiger partial charge is 0.222 e. The monoisotopic (exact) mass is 345 g/mol.